The highest BCUT2D eigenvalue weighted by Gasteiger charge is 2.34. The number of hydrogen-bond donors (Lipinski definition) is 1. The predicted molar refractivity (Wildman–Crippen MR) is 86.7 cm³/mol. The minimum atomic E-state index is -2.97. The lowest BCUT2D eigenvalue weighted by Gasteiger charge is -2.19. The maximum absolute atomic E-state index is 11.8. The fourth-order valence-electron chi connectivity index (χ4n) is 3.11. The van der Waals surface area contributed by atoms with E-state index in [1.165, 1.54) is 6.26 Å². The molecule has 2 atom stereocenters. The zero-order valence-electron chi connectivity index (χ0n) is 12.6. The van der Waals surface area contributed by atoms with E-state index in [1.54, 1.807) is 6.20 Å². The number of hydrogen-bond acceptors (Lipinski definition) is 4. The van der Waals surface area contributed by atoms with Crippen LogP contribution in [0.1, 0.15) is 24.8 Å². The van der Waals surface area contributed by atoms with Crippen molar-refractivity contribution < 1.29 is 8.42 Å². The third-order valence-electron chi connectivity index (χ3n) is 4.28. The molecule has 6 heteroatoms. The lowest BCUT2D eigenvalue weighted by atomic mass is 10.2. The molecule has 0 saturated heterocycles. The minimum Gasteiger partial charge on any atom is -0.309 e. The van der Waals surface area contributed by atoms with Crippen LogP contribution in [0.25, 0.3) is 5.69 Å². The first-order valence-electron chi connectivity index (χ1n) is 7.55. The van der Waals surface area contributed by atoms with Crippen LogP contribution in [0.5, 0.6) is 0 Å². The molecule has 1 N–H and O–H groups in total. The van der Waals surface area contributed by atoms with Crippen LogP contribution in [0.2, 0.25) is 0 Å². The molecule has 1 aliphatic carbocycles. The minimum absolute atomic E-state index is 0.0702. The maximum atomic E-state index is 11.8. The molecule has 2 aromatic rings. The number of sulfone groups is 1. The Hall–Kier alpha value is -1.66. The van der Waals surface area contributed by atoms with Crippen LogP contribution in [-0.2, 0) is 16.4 Å². The molecular formula is C16H21N3O2S. The first-order chi connectivity index (χ1) is 10.5. The Morgan fingerprint density at radius 2 is 2.05 bits per heavy atom. The summed E-state index contributed by atoms with van der Waals surface area (Å²) in [6.45, 7) is 0.691. The normalized spacial score (nSPS) is 22.0. The van der Waals surface area contributed by atoms with Gasteiger partial charge in [-0.25, -0.2) is 13.1 Å². The summed E-state index contributed by atoms with van der Waals surface area (Å²) in [7, 11) is -2.97. The van der Waals surface area contributed by atoms with Gasteiger partial charge in [0.25, 0.3) is 0 Å². The molecule has 0 aliphatic heterocycles. The van der Waals surface area contributed by atoms with Crippen molar-refractivity contribution >= 4 is 9.84 Å². The summed E-state index contributed by atoms with van der Waals surface area (Å²) in [6, 6.07) is 10.1. The van der Waals surface area contributed by atoms with Crippen LogP contribution in [-0.4, -0.2) is 35.7 Å². The van der Waals surface area contributed by atoms with Gasteiger partial charge in [-0.3, -0.25) is 0 Å². The third-order valence-corrected chi connectivity index (χ3v) is 5.94. The summed E-state index contributed by atoms with van der Waals surface area (Å²) in [5.41, 5.74) is 2.17. The van der Waals surface area contributed by atoms with Crippen LogP contribution >= 0.6 is 0 Å². The van der Waals surface area contributed by atoms with E-state index in [1.807, 2.05) is 29.1 Å². The van der Waals surface area contributed by atoms with Gasteiger partial charge < -0.3 is 5.32 Å². The van der Waals surface area contributed by atoms with Crippen molar-refractivity contribution in [1.29, 1.82) is 0 Å². The van der Waals surface area contributed by atoms with E-state index in [2.05, 4.69) is 22.5 Å². The van der Waals surface area contributed by atoms with E-state index < -0.39 is 9.84 Å². The van der Waals surface area contributed by atoms with Crippen molar-refractivity contribution in [1.82, 2.24) is 15.1 Å². The molecular weight excluding hydrogens is 298 g/mol. The fraction of sp³-hybridized carbons (Fsp3) is 0.438. The number of nitrogens with zero attached hydrogens (tertiary/aromatic N) is 2. The van der Waals surface area contributed by atoms with Crippen molar-refractivity contribution in [3.8, 4) is 5.69 Å². The summed E-state index contributed by atoms with van der Waals surface area (Å²) >= 11 is 0. The summed E-state index contributed by atoms with van der Waals surface area (Å²) in [6.07, 6.45) is 7.69. The van der Waals surface area contributed by atoms with Gasteiger partial charge >= 0.3 is 0 Å². The average Bonchev–Trinajstić information content (AvgIpc) is 3.16. The molecule has 0 amide bonds. The van der Waals surface area contributed by atoms with Gasteiger partial charge in [0.15, 0.2) is 9.84 Å². The Bertz CT molecular complexity index is 708. The zero-order valence-corrected chi connectivity index (χ0v) is 13.5. The summed E-state index contributed by atoms with van der Waals surface area (Å²) < 4.78 is 25.4. The molecule has 0 spiro atoms. The molecule has 1 aromatic heterocycles. The third kappa shape index (κ3) is 3.39. The van der Waals surface area contributed by atoms with Crippen molar-refractivity contribution in [2.45, 2.75) is 37.1 Å². The second-order valence-corrected chi connectivity index (χ2v) is 8.17. The second-order valence-electron chi connectivity index (χ2n) is 5.90. The molecule has 0 unspecified atom stereocenters. The smallest absolute Gasteiger partial charge is 0.151 e. The average molecular weight is 319 g/mol. The van der Waals surface area contributed by atoms with Gasteiger partial charge in [-0.05, 0) is 36.6 Å². The van der Waals surface area contributed by atoms with E-state index in [-0.39, 0.29) is 11.3 Å². The van der Waals surface area contributed by atoms with Gasteiger partial charge in [0, 0.05) is 31.2 Å². The Kier molecular flexibility index (Phi) is 4.31. The second kappa shape index (κ2) is 6.22. The van der Waals surface area contributed by atoms with Gasteiger partial charge in [0.1, 0.15) is 0 Å². The van der Waals surface area contributed by atoms with Crippen molar-refractivity contribution in [3.63, 3.8) is 0 Å². The molecule has 3 rings (SSSR count). The Labute approximate surface area is 131 Å². The fourth-order valence-corrected chi connectivity index (χ4v) is 4.53. The Morgan fingerprint density at radius 1 is 1.27 bits per heavy atom. The largest absolute Gasteiger partial charge is 0.309 e. The highest BCUT2D eigenvalue weighted by atomic mass is 32.2. The van der Waals surface area contributed by atoms with E-state index >= 15 is 0 Å². The number of aromatic nitrogens is 2. The monoisotopic (exact) mass is 319 g/mol. The van der Waals surface area contributed by atoms with E-state index in [0.717, 1.165) is 30.5 Å². The van der Waals surface area contributed by atoms with Crippen LogP contribution < -0.4 is 5.32 Å². The first kappa shape index (κ1) is 15.2. The topological polar surface area (TPSA) is 64.0 Å². The maximum Gasteiger partial charge on any atom is 0.151 e. The van der Waals surface area contributed by atoms with Crippen molar-refractivity contribution in [2.24, 2.45) is 0 Å². The van der Waals surface area contributed by atoms with Crippen molar-refractivity contribution in [2.75, 3.05) is 6.26 Å². The molecule has 22 heavy (non-hydrogen) atoms. The van der Waals surface area contributed by atoms with Crippen LogP contribution in [0.3, 0.4) is 0 Å². The Morgan fingerprint density at radius 3 is 2.68 bits per heavy atom. The van der Waals surface area contributed by atoms with Gasteiger partial charge in [0.05, 0.1) is 10.9 Å². The van der Waals surface area contributed by atoms with Gasteiger partial charge in [0.2, 0.25) is 0 Å². The molecule has 1 saturated carbocycles. The predicted octanol–water partition coefficient (Wildman–Crippen LogP) is 1.93. The molecule has 0 radical (unpaired) electrons. The molecule has 0 bridgehead atoms. The molecule has 1 fully saturated rings. The number of rotatable bonds is 5. The lowest BCUT2D eigenvalue weighted by molar-refractivity contribution is 0.507. The molecule has 1 aliphatic rings. The van der Waals surface area contributed by atoms with Crippen LogP contribution in [0, 0.1) is 0 Å². The molecule has 1 heterocycles. The highest BCUT2D eigenvalue weighted by Crippen LogP contribution is 2.25. The van der Waals surface area contributed by atoms with Crippen LogP contribution in [0.15, 0.2) is 42.7 Å². The summed E-state index contributed by atoms with van der Waals surface area (Å²) in [5, 5.41) is 7.36. The molecule has 118 valence electrons. The SMILES string of the molecule is CS(=O)(=O)[C@H]1CCC[C@@H]1NCc1ccc(-n2cccn2)cc1. The van der Waals surface area contributed by atoms with E-state index in [9.17, 15) is 8.42 Å². The van der Waals surface area contributed by atoms with Gasteiger partial charge in [-0.15, -0.1) is 0 Å². The molecule has 1 aromatic carbocycles. The lowest BCUT2D eigenvalue weighted by Crippen LogP contribution is -2.39. The number of nitrogens with one attached hydrogen (secondary N) is 1. The van der Waals surface area contributed by atoms with Crippen LogP contribution in [0.4, 0.5) is 0 Å². The number of benzene rings is 1. The van der Waals surface area contributed by atoms with E-state index in [4.69, 9.17) is 0 Å². The van der Waals surface area contributed by atoms with Crippen molar-refractivity contribution in [3.05, 3.63) is 48.3 Å². The summed E-state index contributed by atoms with van der Waals surface area (Å²) in [5.74, 6) is 0. The molecule has 5 nitrogen and oxygen atoms in total. The van der Waals surface area contributed by atoms with E-state index in [0.29, 0.717) is 6.54 Å². The standard InChI is InChI=1S/C16H21N3O2S/c1-22(20,21)16-5-2-4-15(16)17-12-13-6-8-14(9-7-13)19-11-3-10-18-19/h3,6-11,15-17H,2,4-5,12H2,1H3/t15-,16-/m0/s1. The van der Waals surface area contributed by atoms with Gasteiger partial charge in [-0.2, -0.15) is 5.10 Å². The first-order valence-corrected chi connectivity index (χ1v) is 9.51. The summed E-state index contributed by atoms with van der Waals surface area (Å²) in [4.78, 5) is 0. The Balaban J connectivity index is 1.62. The quantitative estimate of drug-likeness (QED) is 0.914. The van der Waals surface area contributed by atoms with Gasteiger partial charge in [-0.1, -0.05) is 18.6 Å². The highest BCUT2D eigenvalue weighted by molar-refractivity contribution is 7.91. The zero-order chi connectivity index (χ0) is 15.6.